The van der Waals surface area contributed by atoms with Crippen LogP contribution in [0.3, 0.4) is 0 Å². The molecule has 0 fully saturated rings. The number of aryl methyl sites for hydroxylation is 1. The summed E-state index contributed by atoms with van der Waals surface area (Å²) < 4.78 is 1.50. The van der Waals surface area contributed by atoms with Crippen molar-refractivity contribution in [2.45, 2.75) is 12.8 Å². The second-order valence-electron chi connectivity index (χ2n) is 4.81. The van der Waals surface area contributed by atoms with Gasteiger partial charge in [0.05, 0.1) is 4.92 Å². The zero-order valence-corrected chi connectivity index (χ0v) is 12.4. The van der Waals surface area contributed by atoms with Gasteiger partial charge in [-0.05, 0) is 18.1 Å². The number of rotatable bonds is 4. The number of thiocarbonyl (C=S) groups is 1. The molecule has 2 aromatic carbocycles. The van der Waals surface area contributed by atoms with Crippen LogP contribution in [0.5, 0.6) is 0 Å². The van der Waals surface area contributed by atoms with E-state index in [-0.39, 0.29) is 5.69 Å². The average Bonchev–Trinajstić information content (AvgIpc) is 2.96. The molecule has 0 amide bonds. The van der Waals surface area contributed by atoms with Gasteiger partial charge in [-0.25, -0.2) is 4.68 Å². The number of fused-ring (bicyclic) bond motifs is 1. The van der Waals surface area contributed by atoms with Crippen LogP contribution in [-0.2, 0) is 6.42 Å². The summed E-state index contributed by atoms with van der Waals surface area (Å²) in [5.74, 6) is 0. The largest absolute Gasteiger partial charge is 0.271 e. The average molecular weight is 312 g/mol. The number of hydrogen-bond donors (Lipinski definition) is 0. The van der Waals surface area contributed by atoms with Gasteiger partial charge in [-0.15, -0.1) is 5.10 Å². The van der Waals surface area contributed by atoms with Gasteiger partial charge in [0.2, 0.25) is 0 Å². The Bertz CT molecular complexity index is 845. The number of non-ortho nitro benzene ring substituents is 1. The van der Waals surface area contributed by atoms with Crippen molar-refractivity contribution in [3.8, 4) is 0 Å². The lowest BCUT2D eigenvalue weighted by Gasteiger charge is -2.04. The molecule has 0 radical (unpaired) electrons. The van der Waals surface area contributed by atoms with Crippen LogP contribution in [0.4, 0.5) is 5.69 Å². The standard InChI is InChI=1S/C15H12N4O2S/c20-19(21)12-7-8-13-14(10-12)18(17-16-13)15(22)9-6-11-4-2-1-3-5-11/h1-5,7-8,10H,6,9H2. The van der Waals surface area contributed by atoms with Crippen LogP contribution >= 0.6 is 12.2 Å². The Morgan fingerprint density at radius 1 is 1.23 bits per heavy atom. The van der Waals surface area contributed by atoms with Gasteiger partial charge >= 0.3 is 0 Å². The van der Waals surface area contributed by atoms with Crippen molar-refractivity contribution in [1.82, 2.24) is 15.0 Å². The van der Waals surface area contributed by atoms with Gasteiger partial charge < -0.3 is 0 Å². The summed E-state index contributed by atoms with van der Waals surface area (Å²) in [4.78, 5) is 11.0. The maximum atomic E-state index is 10.9. The van der Waals surface area contributed by atoms with E-state index in [9.17, 15) is 10.1 Å². The number of nitrogens with zero attached hydrogens (tertiary/aromatic N) is 4. The van der Waals surface area contributed by atoms with E-state index in [1.54, 1.807) is 6.07 Å². The summed E-state index contributed by atoms with van der Waals surface area (Å²) in [6.07, 6.45) is 1.41. The van der Waals surface area contributed by atoms with Crippen LogP contribution in [0, 0.1) is 10.1 Å². The van der Waals surface area contributed by atoms with Crippen LogP contribution in [-0.4, -0.2) is 24.9 Å². The smallest absolute Gasteiger partial charge is 0.258 e. The number of benzene rings is 2. The summed E-state index contributed by atoms with van der Waals surface area (Å²) in [7, 11) is 0. The first-order chi connectivity index (χ1) is 10.6. The minimum absolute atomic E-state index is 0.00177. The number of nitro benzene ring substituents is 1. The summed E-state index contributed by atoms with van der Waals surface area (Å²) in [6, 6.07) is 14.4. The Morgan fingerprint density at radius 2 is 2.00 bits per heavy atom. The maximum absolute atomic E-state index is 10.9. The lowest BCUT2D eigenvalue weighted by molar-refractivity contribution is -0.384. The monoisotopic (exact) mass is 312 g/mol. The zero-order chi connectivity index (χ0) is 15.5. The Kier molecular flexibility index (Phi) is 3.88. The van der Waals surface area contributed by atoms with Crippen molar-refractivity contribution in [3.05, 3.63) is 64.2 Å². The van der Waals surface area contributed by atoms with Crippen molar-refractivity contribution in [2.24, 2.45) is 0 Å². The molecular formula is C15H12N4O2S. The summed E-state index contributed by atoms with van der Waals surface area (Å²) in [5, 5.41) is 18.9. The Labute approximate surface area is 131 Å². The molecule has 6 nitrogen and oxygen atoms in total. The summed E-state index contributed by atoms with van der Waals surface area (Å²) in [6.45, 7) is 0. The van der Waals surface area contributed by atoms with Crippen molar-refractivity contribution < 1.29 is 4.92 Å². The molecule has 1 aromatic heterocycles. The van der Waals surface area contributed by atoms with Gasteiger partial charge in [-0.2, -0.15) is 0 Å². The lowest BCUT2D eigenvalue weighted by atomic mass is 10.1. The third-order valence-corrected chi connectivity index (χ3v) is 3.72. The fraction of sp³-hybridized carbons (Fsp3) is 0.133. The van der Waals surface area contributed by atoms with Crippen LogP contribution in [0.25, 0.3) is 11.0 Å². The molecule has 0 unspecified atom stereocenters. The third kappa shape index (κ3) is 2.84. The molecule has 0 atom stereocenters. The highest BCUT2D eigenvalue weighted by molar-refractivity contribution is 7.80. The second kappa shape index (κ2) is 5.98. The second-order valence-corrected chi connectivity index (χ2v) is 5.28. The molecule has 0 aliphatic carbocycles. The first kappa shape index (κ1) is 14.3. The highest BCUT2D eigenvalue weighted by Gasteiger charge is 2.13. The minimum atomic E-state index is -0.441. The summed E-state index contributed by atoms with van der Waals surface area (Å²) >= 11 is 5.40. The van der Waals surface area contributed by atoms with Gasteiger partial charge in [0.1, 0.15) is 16.0 Å². The predicted octanol–water partition coefficient (Wildman–Crippen LogP) is 3.15. The van der Waals surface area contributed by atoms with Crippen LogP contribution < -0.4 is 0 Å². The SMILES string of the molecule is O=[N+]([O-])c1ccc2nnn(C(=S)CCc3ccccc3)c2c1. The first-order valence-corrected chi connectivity index (χ1v) is 7.13. The molecular weight excluding hydrogens is 300 g/mol. The van der Waals surface area contributed by atoms with E-state index >= 15 is 0 Å². The molecule has 0 aliphatic heterocycles. The van der Waals surface area contributed by atoms with Crippen molar-refractivity contribution >= 4 is 33.9 Å². The van der Waals surface area contributed by atoms with Crippen molar-refractivity contribution in [3.63, 3.8) is 0 Å². The molecule has 1 heterocycles. The van der Waals surface area contributed by atoms with E-state index in [2.05, 4.69) is 10.3 Å². The fourth-order valence-corrected chi connectivity index (χ4v) is 2.44. The molecule has 3 rings (SSSR count). The highest BCUT2D eigenvalue weighted by atomic mass is 32.1. The topological polar surface area (TPSA) is 73.8 Å². The number of hydrogen-bond acceptors (Lipinski definition) is 5. The van der Waals surface area contributed by atoms with Gasteiger partial charge in [-0.1, -0.05) is 47.8 Å². The van der Waals surface area contributed by atoms with Gasteiger partial charge in [0, 0.05) is 18.6 Å². The molecule has 0 aliphatic rings. The molecule has 110 valence electrons. The van der Waals surface area contributed by atoms with Crippen molar-refractivity contribution in [2.75, 3.05) is 0 Å². The highest BCUT2D eigenvalue weighted by Crippen LogP contribution is 2.19. The Hall–Kier alpha value is -2.67. The van der Waals surface area contributed by atoms with Gasteiger partial charge in [0.25, 0.3) is 5.69 Å². The van der Waals surface area contributed by atoms with E-state index in [1.807, 2.05) is 30.3 Å². The zero-order valence-electron chi connectivity index (χ0n) is 11.5. The van der Waals surface area contributed by atoms with Crippen LogP contribution in [0.2, 0.25) is 0 Å². The molecule has 7 heteroatoms. The van der Waals surface area contributed by atoms with Crippen molar-refractivity contribution in [1.29, 1.82) is 0 Å². The van der Waals surface area contributed by atoms with E-state index in [1.165, 1.54) is 22.4 Å². The van der Waals surface area contributed by atoms with Crippen LogP contribution in [0.15, 0.2) is 48.5 Å². The van der Waals surface area contributed by atoms with E-state index < -0.39 is 4.92 Å². The third-order valence-electron chi connectivity index (χ3n) is 3.35. The number of aromatic nitrogens is 3. The Balaban J connectivity index is 1.84. The predicted molar refractivity (Wildman–Crippen MR) is 86.9 cm³/mol. The molecule has 0 saturated carbocycles. The lowest BCUT2D eigenvalue weighted by Crippen LogP contribution is -2.12. The van der Waals surface area contributed by atoms with Gasteiger partial charge in [-0.3, -0.25) is 10.1 Å². The van der Waals surface area contributed by atoms with Crippen LogP contribution in [0.1, 0.15) is 12.0 Å². The normalized spacial score (nSPS) is 10.7. The molecule has 0 saturated heterocycles. The maximum Gasteiger partial charge on any atom is 0.271 e. The van der Waals surface area contributed by atoms with E-state index in [0.717, 1.165) is 6.42 Å². The van der Waals surface area contributed by atoms with E-state index in [4.69, 9.17) is 12.2 Å². The fourth-order valence-electron chi connectivity index (χ4n) is 2.21. The molecule has 0 spiro atoms. The molecule has 0 bridgehead atoms. The molecule has 0 N–H and O–H groups in total. The Morgan fingerprint density at radius 3 is 2.73 bits per heavy atom. The first-order valence-electron chi connectivity index (χ1n) is 6.72. The minimum Gasteiger partial charge on any atom is -0.258 e. The number of nitro groups is 1. The quantitative estimate of drug-likeness (QED) is 0.420. The molecule has 3 aromatic rings. The molecule has 22 heavy (non-hydrogen) atoms. The van der Waals surface area contributed by atoms with Gasteiger partial charge in [0.15, 0.2) is 0 Å². The van der Waals surface area contributed by atoms with E-state index in [0.29, 0.717) is 22.4 Å². The summed E-state index contributed by atoms with van der Waals surface area (Å²) in [5.41, 5.74) is 2.34.